The van der Waals surface area contributed by atoms with E-state index in [2.05, 4.69) is 178 Å². The van der Waals surface area contributed by atoms with Crippen molar-refractivity contribution in [2.75, 3.05) is 0 Å². The van der Waals surface area contributed by atoms with Crippen LogP contribution in [0.1, 0.15) is 47.2 Å². The monoisotopic (exact) mass is 650 g/mol. The number of hydrogen-bond acceptors (Lipinski definition) is 1. The Balaban J connectivity index is 1.09. The lowest BCUT2D eigenvalue weighted by Gasteiger charge is -2.34. The predicted octanol–water partition coefficient (Wildman–Crippen LogP) is 12.9. The summed E-state index contributed by atoms with van der Waals surface area (Å²) in [7, 11) is 0. The van der Waals surface area contributed by atoms with Gasteiger partial charge in [0.15, 0.2) is 0 Å². The smallest absolute Gasteiger partial charge is 0.131 e. The van der Waals surface area contributed by atoms with Crippen molar-refractivity contribution in [1.29, 1.82) is 0 Å². The largest absolute Gasteiger partial charge is 0.457 e. The molecule has 8 aromatic rings. The van der Waals surface area contributed by atoms with Crippen molar-refractivity contribution in [2.45, 2.75) is 24.7 Å². The van der Waals surface area contributed by atoms with Gasteiger partial charge < -0.3 is 4.74 Å². The van der Waals surface area contributed by atoms with Crippen molar-refractivity contribution in [2.24, 2.45) is 0 Å². The Labute approximate surface area is 298 Å². The summed E-state index contributed by atoms with van der Waals surface area (Å²) in [5, 5.41) is 2.60. The summed E-state index contributed by atoms with van der Waals surface area (Å²) < 4.78 is 6.39. The number of ether oxygens (including phenoxy) is 1. The van der Waals surface area contributed by atoms with Gasteiger partial charge in [0.1, 0.15) is 11.5 Å². The van der Waals surface area contributed by atoms with E-state index in [-0.39, 0.29) is 5.41 Å². The molecule has 1 unspecified atom stereocenters. The first-order valence-electron chi connectivity index (χ1n) is 17.9. The van der Waals surface area contributed by atoms with Crippen LogP contribution >= 0.6 is 0 Å². The third-order valence-electron chi connectivity index (χ3n) is 11.9. The van der Waals surface area contributed by atoms with Crippen LogP contribution in [0.15, 0.2) is 170 Å². The van der Waals surface area contributed by atoms with Crippen LogP contribution in [0.4, 0.5) is 0 Å². The zero-order valence-corrected chi connectivity index (χ0v) is 28.6. The topological polar surface area (TPSA) is 9.23 Å². The van der Waals surface area contributed by atoms with Crippen LogP contribution in [0.25, 0.3) is 55.3 Å². The van der Waals surface area contributed by atoms with Crippen LogP contribution < -0.4 is 4.74 Å². The fourth-order valence-corrected chi connectivity index (χ4v) is 9.59. The highest BCUT2D eigenvalue weighted by Crippen LogP contribution is 2.64. The highest BCUT2D eigenvalue weighted by atomic mass is 16.5. The Hall–Kier alpha value is -6.18. The molecule has 0 radical (unpaired) electrons. The average molecular weight is 651 g/mol. The number of hydrogen-bond donors (Lipinski definition) is 0. The van der Waals surface area contributed by atoms with Gasteiger partial charge in [0.25, 0.3) is 0 Å². The van der Waals surface area contributed by atoms with Crippen LogP contribution in [0.2, 0.25) is 0 Å². The zero-order valence-electron chi connectivity index (χ0n) is 28.6. The summed E-state index contributed by atoms with van der Waals surface area (Å²) in [4.78, 5) is 0. The highest BCUT2D eigenvalue weighted by molar-refractivity contribution is 6.06. The minimum absolute atomic E-state index is 0.166. The van der Waals surface area contributed by atoms with Gasteiger partial charge in [-0.05, 0) is 108 Å². The van der Waals surface area contributed by atoms with Crippen LogP contribution in [-0.4, -0.2) is 0 Å². The van der Waals surface area contributed by atoms with Gasteiger partial charge in [0.05, 0.1) is 5.41 Å². The van der Waals surface area contributed by atoms with E-state index in [9.17, 15) is 0 Å². The number of rotatable bonds is 2. The zero-order chi connectivity index (χ0) is 33.9. The summed E-state index contributed by atoms with van der Waals surface area (Å²) in [6.45, 7) is 4.60. The van der Waals surface area contributed by atoms with E-state index in [1.54, 1.807) is 0 Å². The lowest BCUT2D eigenvalue weighted by molar-refractivity contribution is 0.418. The van der Waals surface area contributed by atoms with Gasteiger partial charge in [0.2, 0.25) is 0 Å². The minimum atomic E-state index is -0.393. The second-order valence-corrected chi connectivity index (χ2v) is 14.8. The van der Waals surface area contributed by atoms with E-state index >= 15 is 0 Å². The van der Waals surface area contributed by atoms with Crippen molar-refractivity contribution < 1.29 is 4.74 Å². The first kappa shape index (κ1) is 28.6. The lowest BCUT2D eigenvalue weighted by Crippen LogP contribution is -2.25. The van der Waals surface area contributed by atoms with Crippen LogP contribution in [0.3, 0.4) is 0 Å². The van der Waals surface area contributed by atoms with Crippen molar-refractivity contribution in [3.63, 3.8) is 0 Å². The first-order valence-corrected chi connectivity index (χ1v) is 17.9. The summed E-state index contributed by atoms with van der Waals surface area (Å²) in [5.41, 5.74) is 17.5. The fourth-order valence-electron chi connectivity index (χ4n) is 9.59. The molecule has 240 valence electrons. The summed E-state index contributed by atoms with van der Waals surface area (Å²) in [6.07, 6.45) is 0. The van der Waals surface area contributed by atoms with E-state index in [0.717, 1.165) is 11.5 Å². The maximum atomic E-state index is 6.39. The van der Waals surface area contributed by atoms with Gasteiger partial charge >= 0.3 is 0 Å². The second-order valence-electron chi connectivity index (χ2n) is 14.8. The van der Waals surface area contributed by atoms with Crippen LogP contribution in [-0.2, 0) is 10.8 Å². The molecule has 3 aliphatic rings. The Morgan fingerprint density at radius 2 is 0.961 bits per heavy atom. The lowest BCUT2D eigenvalue weighted by atomic mass is 9.70. The molecule has 0 N–H and O–H groups in total. The molecule has 1 spiro atoms. The molecule has 11 rings (SSSR count). The van der Waals surface area contributed by atoms with E-state index < -0.39 is 5.41 Å². The van der Waals surface area contributed by atoms with Gasteiger partial charge in [0, 0.05) is 16.5 Å². The van der Waals surface area contributed by atoms with Gasteiger partial charge in [-0.15, -0.1) is 0 Å². The van der Waals surface area contributed by atoms with E-state index in [0.29, 0.717) is 0 Å². The van der Waals surface area contributed by atoms with Crippen molar-refractivity contribution in [1.82, 2.24) is 0 Å². The van der Waals surface area contributed by atoms with Gasteiger partial charge in [-0.25, -0.2) is 0 Å². The van der Waals surface area contributed by atoms with Crippen molar-refractivity contribution >= 4 is 10.8 Å². The predicted molar refractivity (Wildman–Crippen MR) is 210 cm³/mol. The number of fused-ring (bicyclic) bond motifs is 14. The molecule has 0 amide bonds. The minimum Gasteiger partial charge on any atom is -0.457 e. The quantitative estimate of drug-likeness (QED) is 0.181. The molecule has 1 heteroatoms. The molecule has 51 heavy (non-hydrogen) atoms. The van der Waals surface area contributed by atoms with E-state index in [4.69, 9.17) is 4.74 Å². The Morgan fingerprint density at radius 1 is 0.373 bits per heavy atom. The molecule has 1 aliphatic heterocycles. The maximum Gasteiger partial charge on any atom is 0.131 e. The van der Waals surface area contributed by atoms with Gasteiger partial charge in [-0.3, -0.25) is 0 Å². The summed E-state index contributed by atoms with van der Waals surface area (Å²) in [5.74, 6) is 1.88. The molecular formula is C50H34O. The standard InChI is InChI=1S/C50H34O/c1-49(2)42-20-9-10-21-46(42)51-47-27-24-35(30-45(47)49)33-14-11-13-32(28-33)34-22-25-38-37-16-5-7-18-40(37)50(44(38)29-34)41-19-8-6-17-39(41)48-36-15-4-3-12-31(36)23-26-43(48)50/h3-30H,1-2H3. The third kappa shape index (κ3) is 3.76. The molecule has 0 bridgehead atoms. The Bertz CT molecular complexity index is 2770. The molecule has 1 atom stereocenters. The summed E-state index contributed by atoms with van der Waals surface area (Å²) >= 11 is 0. The van der Waals surface area contributed by atoms with Crippen LogP contribution in [0, 0.1) is 0 Å². The van der Waals surface area contributed by atoms with Crippen LogP contribution in [0.5, 0.6) is 11.5 Å². The highest BCUT2D eigenvalue weighted by Gasteiger charge is 2.52. The van der Waals surface area contributed by atoms with Gasteiger partial charge in [-0.2, -0.15) is 0 Å². The second kappa shape index (κ2) is 10.2. The maximum absolute atomic E-state index is 6.39. The molecule has 0 saturated carbocycles. The van der Waals surface area contributed by atoms with Crippen molar-refractivity contribution in [3.8, 4) is 56.0 Å². The molecular weight excluding hydrogens is 617 g/mol. The average Bonchev–Trinajstić information content (AvgIpc) is 3.65. The SMILES string of the molecule is CC1(C)c2ccccc2Oc2ccc(-c3cccc(-c4ccc5c(c4)C4(c6ccccc6-5)c5ccccc5-c5c4ccc4ccccc54)c3)cc21. The van der Waals surface area contributed by atoms with E-state index in [1.807, 2.05) is 6.07 Å². The molecule has 0 aromatic heterocycles. The molecule has 1 heterocycles. The number of benzene rings is 8. The van der Waals surface area contributed by atoms with E-state index in [1.165, 1.54) is 88.7 Å². The van der Waals surface area contributed by atoms with Crippen molar-refractivity contribution in [3.05, 3.63) is 203 Å². The molecule has 8 aromatic carbocycles. The fraction of sp³-hybridized carbons (Fsp3) is 0.0800. The Morgan fingerprint density at radius 3 is 1.78 bits per heavy atom. The first-order chi connectivity index (χ1) is 25.0. The normalized spacial score (nSPS) is 16.8. The molecule has 0 saturated heterocycles. The molecule has 1 nitrogen and oxygen atoms in total. The third-order valence-corrected chi connectivity index (χ3v) is 11.9. The number of para-hydroxylation sites is 1. The Kier molecular flexibility index (Phi) is 5.72. The van der Waals surface area contributed by atoms with Gasteiger partial charge in [-0.1, -0.05) is 153 Å². The molecule has 0 fully saturated rings. The molecule has 2 aliphatic carbocycles. The summed E-state index contributed by atoms with van der Waals surface area (Å²) in [6, 6.07) is 63.0.